The van der Waals surface area contributed by atoms with Crippen molar-refractivity contribution in [2.45, 2.75) is 19.4 Å². The number of hydrogen-bond acceptors (Lipinski definition) is 4. The van der Waals surface area contributed by atoms with Crippen molar-refractivity contribution in [1.82, 2.24) is 9.97 Å². The summed E-state index contributed by atoms with van der Waals surface area (Å²) in [5.41, 5.74) is 0. The topological polar surface area (TPSA) is 38.2 Å². The second kappa shape index (κ2) is 5.07. The second-order valence-electron chi connectivity index (χ2n) is 3.67. The average molecular weight is 319 g/mol. The smallest absolute Gasteiger partial charge is 0.145 e. The fourth-order valence-electron chi connectivity index (χ4n) is 1.73. The first kappa shape index (κ1) is 11.1. The largest absolute Gasteiger partial charge is 0.379 e. The van der Waals surface area contributed by atoms with Gasteiger partial charge < -0.3 is 9.64 Å². The molecule has 0 aromatic carbocycles. The maximum Gasteiger partial charge on any atom is 0.145 e. The van der Waals surface area contributed by atoms with Crippen LogP contribution in [-0.4, -0.2) is 35.8 Å². The molecular weight excluding hydrogens is 305 g/mol. The van der Waals surface area contributed by atoms with Crippen LogP contribution in [0, 0.1) is 3.57 Å². The van der Waals surface area contributed by atoms with Crippen LogP contribution in [0.5, 0.6) is 0 Å². The fourth-order valence-corrected chi connectivity index (χ4v) is 2.34. The molecule has 0 radical (unpaired) electrons. The molecule has 0 N–H and O–H groups in total. The lowest BCUT2D eigenvalue weighted by Gasteiger charge is -2.27. The zero-order valence-electron chi connectivity index (χ0n) is 8.69. The normalized spacial score (nSPS) is 22.5. The average Bonchev–Trinajstić information content (AvgIpc) is 2.44. The minimum Gasteiger partial charge on any atom is -0.379 e. The van der Waals surface area contributed by atoms with E-state index in [0.717, 1.165) is 35.6 Å². The number of rotatable bonds is 1. The summed E-state index contributed by atoms with van der Waals surface area (Å²) < 4.78 is 6.61. The van der Waals surface area contributed by atoms with Crippen molar-refractivity contribution in [3.8, 4) is 0 Å². The van der Waals surface area contributed by atoms with E-state index in [0.29, 0.717) is 6.04 Å². The summed E-state index contributed by atoms with van der Waals surface area (Å²) in [6, 6.07) is 0.385. The first-order valence-electron chi connectivity index (χ1n) is 5.09. The Morgan fingerprint density at radius 3 is 3.27 bits per heavy atom. The van der Waals surface area contributed by atoms with Crippen LogP contribution in [0.3, 0.4) is 0 Å². The van der Waals surface area contributed by atoms with Gasteiger partial charge in [0.15, 0.2) is 0 Å². The van der Waals surface area contributed by atoms with Crippen molar-refractivity contribution in [3.63, 3.8) is 0 Å². The van der Waals surface area contributed by atoms with Crippen molar-refractivity contribution in [3.05, 3.63) is 16.1 Å². The molecule has 0 aliphatic carbocycles. The van der Waals surface area contributed by atoms with Gasteiger partial charge in [0.2, 0.25) is 0 Å². The van der Waals surface area contributed by atoms with E-state index in [2.05, 4.69) is 44.4 Å². The maximum atomic E-state index is 5.51. The zero-order chi connectivity index (χ0) is 10.7. The quantitative estimate of drug-likeness (QED) is 0.739. The third-order valence-electron chi connectivity index (χ3n) is 2.50. The third kappa shape index (κ3) is 2.57. The van der Waals surface area contributed by atoms with Gasteiger partial charge in [-0.3, -0.25) is 0 Å². The van der Waals surface area contributed by atoms with E-state index >= 15 is 0 Å². The van der Waals surface area contributed by atoms with Gasteiger partial charge >= 0.3 is 0 Å². The van der Waals surface area contributed by atoms with E-state index in [1.165, 1.54) is 0 Å². The number of nitrogens with zero attached hydrogens (tertiary/aromatic N) is 3. The van der Waals surface area contributed by atoms with Gasteiger partial charge in [-0.15, -0.1) is 0 Å². The van der Waals surface area contributed by atoms with Crippen LogP contribution in [0.1, 0.15) is 13.3 Å². The Morgan fingerprint density at radius 1 is 1.60 bits per heavy atom. The van der Waals surface area contributed by atoms with Crippen molar-refractivity contribution in [2.24, 2.45) is 0 Å². The highest BCUT2D eigenvalue weighted by Crippen LogP contribution is 2.21. The lowest BCUT2D eigenvalue weighted by atomic mass is 10.3. The Morgan fingerprint density at radius 2 is 2.47 bits per heavy atom. The van der Waals surface area contributed by atoms with Crippen LogP contribution in [0.2, 0.25) is 0 Å². The van der Waals surface area contributed by atoms with E-state index in [9.17, 15) is 0 Å². The first-order chi connectivity index (χ1) is 7.29. The standard InChI is InChI=1S/C10H14IN3O/c1-8-6-15-4-2-3-14(8)10-9(11)5-12-7-13-10/h5,7-8H,2-4,6H2,1H3. The van der Waals surface area contributed by atoms with Crippen LogP contribution >= 0.6 is 22.6 Å². The van der Waals surface area contributed by atoms with Gasteiger partial charge in [-0.2, -0.15) is 0 Å². The van der Waals surface area contributed by atoms with Crippen LogP contribution in [0.4, 0.5) is 5.82 Å². The predicted octanol–water partition coefficient (Wildman–Crippen LogP) is 1.70. The molecule has 0 bridgehead atoms. The molecule has 4 nitrogen and oxygen atoms in total. The Hall–Kier alpha value is -0.430. The lowest BCUT2D eigenvalue weighted by Crippen LogP contribution is -2.36. The van der Waals surface area contributed by atoms with Gasteiger partial charge in [-0.25, -0.2) is 9.97 Å². The van der Waals surface area contributed by atoms with Gasteiger partial charge in [-0.1, -0.05) is 0 Å². The molecule has 15 heavy (non-hydrogen) atoms. The summed E-state index contributed by atoms with van der Waals surface area (Å²) in [5, 5.41) is 0. The van der Waals surface area contributed by atoms with Crippen molar-refractivity contribution in [1.29, 1.82) is 0 Å². The van der Waals surface area contributed by atoms with E-state index in [-0.39, 0.29) is 0 Å². The van der Waals surface area contributed by atoms with Gasteiger partial charge in [0, 0.05) is 19.3 Å². The molecule has 0 spiro atoms. The molecule has 1 unspecified atom stereocenters. The van der Waals surface area contributed by atoms with E-state index in [1.807, 2.05) is 6.20 Å². The summed E-state index contributed by atoms with van der Waals surface area (Å²) in [6.45, 7) is 4.81. The van der Waals surface area contributed by atoms with E-state index in [4.69, 9.17) is 4.74 Å². The second-order valence-corrected chi connectivity index (χ2v) is 4.83. The van der Waals surface area contributed by atoms with Crippen molar-refractivity contribution < 1.29 is 4.74 Å². The van der Waals surface area contributed by atoms with Crippen molar-refractivity contribution in [2.75, 3.05) is 24.7 Å². The fraction of sp³-hybridized carbons (Fsp3) is 0.600. The zero-order valence-corrected chi connectivity index (χ0v) is 10.8. The number of halogens is 1. The molecule has 1 aromatic rings. The van der Waals surface area contributed by atoms with Gasteiger partial charge in [0.1, 0.15) is 12.1 Å². The van der Waals surface area contributed by atoms with Crippen molar-refractivity contribution >= 4 is 28.4 Å². The minimum atomic E-state index is 0.385. The Kier molecular flexibility index (Phi) is 3.74. The molecule has 1 saturated heterocycles. The molecular formula is C10H14IN3O. The molecule has 2 heterocycles. The molecule has 82 valence electrons. The van der Waals surface area contributed by atoms with Crippen LogP contribution in [0.15, 0.2) is 12.5 Å². The molecule has 5 heteroatoms. The first-order valence-corrected chi connectivity index (χ1v) is 6.17. The van der Waals surface area contributed by atoms with Crippen LogP contribution in [0.25, 0.3) is 0 Å². The molecule has 1 aliphatic heterocycles. The van der Waals surface area contributed by atoms with Gasteiger partial charge in [-0.05, 0) is 35.9 Å². The predicted molar refractivity (Wildman–Crippen MR) is 67.0 cm³/mol. The Balaban J connectivity index is 2.24. The summed E-state index contributed by atoms with van der Waals surface area (Å²) in [6.07, 6.45) is 4.52. The van der Waals surface area contributed by atoms with Gasteiger partial charge in [0.05, 0.1) is 16.2 Å². The SMILES string of the molecule is CC1COCCCN1c1ncncc1I. The summed E-state index contributed by atoms with van der Waals surface area (Å²) in [4.78, 5) is 10.7. The summed E-state index contributed by atoms with van der Waals surface area (Å²) in [5.74, 6) is 1.03. The van der Waals surface area contributed by atoms with Gasteiger partial charge in [0.25, 0.3) is 0 Å². The highest BCUT2D eigenvalue weighted by Gasteiger charge is 2.20. The van der Waals surface area contributed by atoms with E-state index in [1.54, 1.807) is 6.33 Å². The Labute approximate surface area is 103 Å². The molecule has 1 aromatic heterocycles. The third-order valence-corrected chi connectivity index (χ3v) is 3.26. The Bertz CT molecular complexity index is 334. The van der Waals surface area contributed by atoms with Crippen LogP contribution in [-0.2, 0) is 4.74 Å². The summed E-state index contributed by atoms with van der Waals surface area (Å²) >= 11 is 2.28. The number of hydrogen-bond donors (Lipinski definition) is 0. The number of anilines is 1. The molecule has 1 fully saturated rings. The molecule has 1 atom stereocenters. The minimum absolute atomic E-state index is 0.385. The number of aromatic nitrogens is 2. The van der Waals surface area contributed by atoms with E-state index < -0.39 is 0 Å². The highest BCUT2D eigenvalue weighted by atomic mass is 127. The molecule has 1 aliphatic rings. The monoisotopic (exact) mass is 319 g/mol. The molecule has 2 rings (SSSR count). The maximum absolute atomic E-state index is 5.51. The summed E-state index contributed by atoms with van der Waals surface area (Å²) in [7, 11) is 0. The highest BCUT2D eigenvalue weighted by molar-refractivity contribution is 14.1. The molecule has 0 amide bonds. The molecule has 0 saturated carbocycles. The van der Waals surface area contributed by atoms with Crippen LogP contribution < -0.4 is 4.90 Å². The number of ether oxygens (including phenoxy) is 1. The lowest BCUT2D eigenvalue weighted by molar-refractivity contribution is 0.137.